The minimum absolute atomic E-state index is 0.0990. The Bertz CT molecular complexity index is 458. The lowest BCUT2D eigenvalue weighted by Crippen LogP contribution is -2.42. The molecule has 1 atom stereocenters. The molecule has 0 saturated heterocycles. The Morgan fingerprint density at radius 2 is 1.90 bits per heavy atom. The normalized spacial score (nSPS) is 14.4. The van der Waals surface area contributed by atoms with Crippen LogP contribution in [0.4, 0.5) is 0 Å². The minimum Gasteiger partial charge on any atom is -0.410 e. The van der Waals surface area contributed by atoms with Crippen molar-refractivity contribution in [3.8, 4) is 0 Å². The van der Waals surface area contributed by atoms with Crippen LogP contribution in [-0.2, 0) is 4.43 Å². The molecule has 0 fully saturated rings. The summed E-state index contributed by atoms with van der Waals surface area (Å²) in [4.78, 5) is 0. The van der Waals surface area contributed by atoms with Gasteiger partial charge in [0.25, 0.3) is 0 Å². The van der Waals surface area contributed by atoms with E-state index in [0.717, 1.165) is 21.2 Å². The molecule has 0 amide bonds. The van der Waals surface area contributed by atoms with Crippen LogP contribution >= 0.6 is 43.5 Å². The molecule has 0 heterocycles. The van der Waals surface area contributed by atoms with E-state index in [9.17, 15) is 0 Å². The third-order valence-electron chi connectivity index (χ3n) is 3.92. The van der Waals surface area contributed by atoms with E-state index in [-0.39, 0.29) is 11.1 Å². The predicted octanol–water partition coefficient (Wildman–Crippen LogP) is 6.95. The molecule has 20 heavy (non-hydrogen) atoms. The van der Waals surface area contributed by atoms with E-state index >= 15 is 0 Å². The fourth-order valence-corrected chi connectivity index (χ4v) is 4.34. The van der Waals surface area contributed by atoms with Crippen LogP contribution in [0.2, 0.25) is 23.2 Å². The molecule has 1 unspecified atom stereocenters. The zero-order chi connectivity index (χ0) is 15.6. The summed E-state index contributed by atoms with van der Waals surface area (Å²) in [6, 6.07) is 5.93. The van der Waals surface area contributed by atoms with Gasteiger partial charge in [-0.2, -0.15) is 0 Å². The van der Waals surface area contributed by atoms with Crippen molar-refractivity contribution in [2.45, 2.75) is 51.4 Å². The Hall–Kier alpha value is 0.647. The Balaban J connectivity index is 3.06. The summed E-state index contributed by atoms with van der Waals surface area (Å²) in [6.45, 7) is 11.4. The Kier molecular flexibility index (Phi) is 6.80. The minimum atomic E-state index is -1.80. The quantitative estimate of drug-likeness (QED) is 0.354. The second-order valence-electron chi connectivity index (χ2n) is 6.51. The molecule has 1 aromatic carbocycles. The highest BCUT2D eigenvalue weighted by atomic mass is 79.9. The third-order valence-corrected chi connectivity index (χ3v) is 9.79. The standard InChI is InChI=1S/C15H23Br2ClOSi/c1-15(2,3)20(4,5)19-14(8-9-16)12-7-6-11(18)10-13(12)17/h6-7,10,14H,8-9H2,1-5H3. The van der Waals surface area contributed by atoms with Gasteiger partial charge in [-0.1, -0.05) is 70.3 Å². The summed E-state index contributed by atoms with van der Waals surface area (Å²) in [7, 11) is -1.80. The van der Waals surface area contributed by atoms with Gasteiger partial charge < -0.3 is 4.43 Å². The van der Waals surface area contributed by atoms with Crippen LogP contribution in [0.15, 0.2) is 22.7 Å². The second kappa shape index (κ2) is 7.27. The lowest BCUT2D eigenvalue weighted by Gasteiger charge is -2.39. The molecular weight excluding hydrogens is 420 g/mol. The first-order chi connectivity index (χ1) is 9.08. The van der Waals surface area contributed by atoms with Gasteiger partial charge in [0.1, 0.15) is 0 Å². The molecule has 0 N–H and O–H groups in total. The highest BCUT2D eigenvalue weighted by molar-refractivity contribution is 9.10. The highest BCUT2D eigenvalue weighted by Gasteiger charge is 2.39. The predicted molar refractivity (Wildman–Crippen MR) is 98.6 cm³/mol. The summed E-state index contributed by atoms with van der Waals surface area (Å²) >= 11 is 13.2. The van der Waals surface area contributed by atoms with Gasteiger partial charge in [0, 0.05) is 14.8 Å². The zero-order valence-corrected chi connectivity index (χ0v) is 17.7. The van der Waals surface area contributed by atoms with Gasteiger partial charge in [-0.05, 0) is 42.2 Å². The largest absolute Gasteiger partial charge is 0.410 e. The van der Waals surface area contributed by atoms with Crippen molar-refractivity contribution in [3.05, 3.63) is 33.3 Å². The van der Waals surface area contributed by atoms with Crippen molar-refractivity contribution in [2.75, 3.05) is 5.33 Å². The maximum Gasteiger partial charge on any atom is 0.192 e. The van der Waals surface area contributed by atoms with Crippen LogP contribution in [-0.4, -0.2) is 13.6 Å². The zero-order valence-electron chi connectivity index (χ0n) is 12.8. The summed E-state index contributed by atoms with van der Waals surface area (Å²) in [5.74, 6) is 0. The molecule has 0 aliphatic carbocycles. The van der Waals surface area contributed by atoms with Crippen LogP contribution in [0.3, 0.4) is 0 Å². The summed E-state index contributed by atoms with van der Waals surface area (Å²) in [5, 5.41) is 1.86. The number of hydrogen-bond donors (Lipinski definition) is 0. The summed E-state index contributed by atoms with van der Waals surface area (Å²) < 4.78 is 7.61. The van der Waals surface area contributed by atoms with Crippen LogP contribution in [0.1, 0.15) is 38.9 Å². The van der Waals surface area contributed by atoms with Gasteiger partial charge in [0.15, 0.2) is 8.32 Å². The van der Waals surface area contributed by atoms with Crippen LogP contribution in [0.25, 0.3) is 0 Å². The maximum absolute atomic E-state index is 6.59. The first-order valence-corrected chi connectivity index (χ1v) is 12.0. The van der Waals surface area contributed by atoms with E-state index in [4.69, 9.17) is 16.0 Å². The van der Waals surface area contributed by atoms with E-state index in [1.165, 1.54) is 5.56 Å². The number of halogens is 3. The number of alkyl halides is 1. The van der Waals surface area contributed by atoms with Crippen molar-refractivity contribution >= 4 is 51.8 Å². The van der Waals surface area contributed by atoms with Crippen LogP contribution < -0.4 is 0 Å². The fourth-order valence-electron chi connectivity index (χ4n) is 1.67. The molecule has 0 aliphatic heterocycles. The van der Waals surface area contributed by atoms with Crippen LogP contribution in [0.5, 0.6) is 0 Å². The first-order valence-electron chi connectivity index (χ1n) is 6.77. The van der Waals surface area contributed by atoms with Gasteiger partial charge in [0.05, 0.1) is 6.10 Å². The van der Waals surface area contributed by atoms with Crippen molar-refractivity contribution in [1.29, 1.82) is 0 Å². The fraction of sp³-hybridized carbons (Fsp3) is 0.600. The molecule has 5 heteroatoms. The lowest BCUT2D eigenvalue weighted by molar-refractivity contribution is 0.180. The molecular formula is C15H23Br2ClOSi. The smallest absolute Gasteiger partial charge is 0.192 e. The van der Waals surface area contributed by atoms with E-state index in [1.54, 1.807) is 0 Å². The molecule has 0 aromatic heterocycles. The highest BCUT2D eigenvalue weighted by Crippen LogP contribution is 2.42. The maximum atomic E-state index is 6.59. The van der Waals surface area contributed by atoms with Gasteiger partial charge in [0.2, 0.25) is 0 Å². The van der Waals surface area contributed by atoms with E-state index in [0.29, 0.717) is 0 Å². The lowest BCUT2D eigenvalue weighted by atomic mass is 10.1. The van der Waals surface area contributed by atoms with Crippen molar-refractivity contribution in [1.82, 2.24) is 0 Å². The molecule has 1 rings (SSSR count). The van der Waals surface area contributed by atoms with Gasteiger partial charge >= 0.3 is 0 Å². The third kappa shape index (κ3) is 4.84. The van der Waals surface area contributed by atoms with Crippen molar-refractivity contribution in [2.24, 2.45) is 0 Å². The average Bonchev–Trinajstić information content (AvgIpc) is 2.26. The Morgan fingerprint density at radius 3 is 2.35 bits per heavy atom. The number of benzene rings is 1. The van der Waals surface area contributed by atoms with Gasteiger partial charge in [-0.3, -0.25) is 0 Å². The Morgan fingerprint density at radius 1 is 1.30 bits per heavy atom. The molecule has 0 spiro atoms. The summed E-state index contributed by atoms with van der Waals surface area (Å²) in [5.41, 5.74) is 1.18. The topological polar surface area (TPSA) is 9.23 Å². The molecule has 0 radical (unpaired) electrons. The van der Waals surface area contributed by atoms with Gasteiger partial charge in [-0.15, -0.1) is 0 Å². The second-order valence-corrected chi connectivity index (χ2v) is 13.4. The summed E-state index contributed by atoms with van der Waals surface area (Å²) in [6.07, 6.45) is 1.05. The Labute approximate surface area is 145 Å². The molecule has 0 aliphatic rings. The molecule has 114 valence electrons. The SMILES string of the molecule is CC(C)(C)[Si](C)(C)OC(CCBr)c1ccc(Cl)cc1Br. The van der Waals surface area contributed by atoms with E-state index in [1.807, 2.05) is 12.1 Å². The number of rotatable bonds is 5. The first kappa shape index (κ1) is 18.7. The number of hydrogen-bond acceptors (Lipinski definition) is 1. The molecule has 0 saturated carbocycles. The van der Waals surface area contributed by atoms with Crippen LogP contribution in [0, 0.1) is 0 Å². The van der Waals surface area contributed by atoms with E-state index in [2.05, 4.69) is 71.8 Å². The van der Waals surface area contributed by atoms with Gasteiger partial charge in [-0.25, -0.2) is 0 Å². The average molecular weight is 443 g/mol. The van der Waals surface area contributed by atoms with Crippen molar-refractivity contribution in [3.63, 3.8) is 0 Å². The molecule has 1 aromatic rings. The molecule has 1 nitrogen and oxygen atoms in total. The van der Waals surface area contributed by atoms with E-state index < -0.39 is 8.32 Å². The molecule has 0 bridgehead atoms. The monoisotopic (exact) mass is 440 g/mol. The van der Waals surface area contributed by atoms with Crippen molar-refractivity contribution < 1.29 is 4.43 Å².